The molecule has 8 nitrogen and oxygen atoms in total. The Balaban J connectivity index is 2.47. The zero-order valence-corrected chi connectivity index (χ0v) is 9.71. The summed E-state index contributed by atoms with van der Waals surface area (Å²) in [5.74, 6) is 1.34. The summed E-state index contributed by atoms with van der Waals surface area (Å²) in [7, 11) is 0. The van der Waals surface area contributed by atoms with E-state index in [0.717, 1.165) is 24.4 Å². The molecule has 3 N–H and O–H groups in total. The van der Waals surface area contributed by atoms with Gasteiger partial charge in [0.25, 0.3) is 5.88 Å². The number of nitro groups is 1. The molecule has 0 aliphatic heterocycles. The van der Waals surface area contributed by atoms with E-state index in [0.29, 0.717) is 0 Å². The maximum atomic E-state index is 13.6. The fourth-order valence-corrected chi connectivity index (χ4v) is 1.33. The average Bonchev–Trinajstić information content (AvgIpc) is 2.43. The number of nitrogen functional groups attached to an aromatic ring is 1. The van der Waals surface area contributed by atoms with Gasteiger partial charge >= 0.3 is 5.69 Å². The van der Waals surface area contributed by atoms with Crippen LogP contribution in [0.5, 0.6) is 11.6 Å². The number of nitrogens with one attached hydrogen (secondary N) is 1. The molecule has 2 rings (SSSR count). The van der Waals surface area contributed by atoms with Crippen LogP contribution < -0.4 is 16.0 Å². The fourth-order valence-electron chi connectivity index (χ4n) is 1.33. The first-order valence-corrected chi connectivity index (χ1v) is 5.13. The zero-order chi connectivity index (χ0) is 14.7. The molecule has 0 radical (unpaired) electrons. The zero-order valence-electron chi connectivity index (χ0n) is 9.71. The van der Waals surface area contributed by atoms with Crippen LogP contribution in [-0.2, 0) is 0 Å². The Morgan fingerprint density at radius 3 is 2.75 bits per heavy atom. The van der Waals surface area contributed by atoms with Gasteiger partial charge in [-0.1, -0.05) is 6.07 Å². The van der Waals surface area contributed by atoms with E-state index in [4.69, 9.17) is 10.6 Å². The number of hydrogen-bond donors (Lipinski definition) is 2. The number of aromatic nitrogens is 2. The maximum Gasteiger partial charge on any atom is 0.314 e. The highest BCUT2D eigenvalue weighted by Crippen LogP contribution is 2.33. The minimum atomic E-state index is -1.03. The first kappa shape index (κ1) is 13.5. The van der Waals surface area contributed by atoms with Crippen molar-refractivity contribution in [1.82, 2.24) is 9.97 Å². The molecule has 1 aromatic heterocycles. The van der Waals surface area contributed by atoms with Gasteiger partial charge in [-0.15, -0.1) is 0 Å². The number of nitrogens with two attached hydrogens (primary N) is 1. The van der Waals surface area contributed by atoms with Crippen molar-refractivity contribution in [3.8, 4) is 11.6 Å². The van der Waals surface area contributed by atoms with E-state index in [1.54, 1.807) is 0 Å². The molecule has 10 heteroatoms. The van der Waals surface area contributed by atoms with Gasteiger partial charge in [0.15, 0.2) is 5.82 Å². The number of ether oxygens (including phenoxy) is 1. The predicted octanol–water partition coefficient (Wildman–Crippen LogP) is 1.74. The summed E-state index contributed by atoms with van der Waals surface area (Å²) in [6.07, 6.45) is 0.726. The van der Waals surface area contributed by atoms with E-state index in [1.165, 1.54) is 0 Å². The van der Waals surface area contributed by atoms with Crippen LogP contribution in [0, 0.1) is 21.7 Å². The molecule has 104 valence electrons. The fraction of sp³-hybridized carbons (Fsp3) is 0. The van der Waals surface area contributed by atoms with Crippen LogP contribution in [-0.4, -0.2) is 14.9 Å². The van der Waals surface area contributed by atoms with Crippen LogP contribution in [0.4, 0.5) is 20.4 Å². The largest absolute Gasteiger partial charge is 0.426 e. The SMILES string of the molecule is NNc1ncc(F)c(Oc2c(F)cccc2[N+](=O)[O-])n1. The number of para-hydroxylation sites is 1. The van der Waals surface area contributed by atoms with Crippen LogP contribution in [0.3, 0.4) is 0 Å². The summed E-state index contributed by atoms with van der Waals surface area (Å²) in [5, 5.41) is 10.8. The monoisotopic (exact) mass is 283 g/mol. The maximum absolute atomic E-state index is 13.6. The molecule has 1 heterocycles. The smallest absolute Gasteiger partial charge is 0.314 e. The number of halogens is 2. The van der Waals surface area contributed by atoms with E-state index in [2.05, 4.69) is 9.97 Å². The van der Waals surface area contributed by atoms with Gasteiger partial charge in [0.1, 0.15) is 0 Å². The van der Waals surface area contributed by atoms with Crippen molar-refractivity contribution in [2.24, 2.45) is 5.84 Å². The number of benzene rings is 1. The van der Waals surface area contributed by atoms with Crippen LogP contribution in [0.15, 0.2) is 24.4 Å². The van der Waals surface area contributed by atoms with Gasteiger partial charge in [-0.05, 0) is 6.07 Å². The van der Waals surface area contributed by atoms with E-state index >= 15 is 0 Å². The molecular formula is C10H7F2N5O3. The van der Waals surface area contributed by atoms with Gasteiger partial charge in [0, 0.05) is 6.07 Å². The molecule has 0 bridgehead atoms. The number of rotatable bonds is 4. The predicted molar refractivity (Wildman–Crippen MR) is 62.9 cm³/mol. The third-order valence-electron chi connectivity index (χ3n) is 2.18. The Labute approximate surface area is 110 Å². The molecule has 2 aromatic rings. The summed E-state index contributed by atoms with van der Waals surface area (Å²) in [6, 6.07) is 3.08. The Morgan fingerprint density at radius 1 is 1.35 bits per heavy atom. The number of nitrogens with zero attached hydrogens (tertiary/aromatic N) is 3. The molecule has 0 amide bonds. The number of hydrazine groups is 1. The van der Waals surface area contributed by atoms with Crippen molar-refractivity contribution in [1.29, 1.82) is 0 Å². The van der Waals surface area contributed by atoms with Crippen LogP contribution in [0.1, 0.15) is 0 Å². The summed E-state index contributed by atoms with van der Waals surface area (Å²) >= 11 is 0. The van der Waals surface area contributed by atoms with Crippen molar-refractivity contribution in [3.05, 3.63) is 46.1 Å². The van der Waals surface area contributed by atoms with E-state index in [-0.39, 0.29) is 5.95 Å². The third-order valence-corrected chi connectivity index (χ3v) is 2.18. The van der Waals surface area contributed by atoms with Gasteiger partial charge in [0.05, 0.1) is 11.1 Å². The van der Waals surface area contributed by atoms with Crippen LogP contribution >= 0.6 is 0 Å². The van der Waals surface area contributed by atoms with E-state index < -0.39 is 33.9 Å². The lowest BCUT2D eigenvalue weighted by Gasteiger charge is -2.07. The second kappa shape index (κ2) is 5.40. The van der Waals surface area contributed by atoms with Gasteiger partial charge in [-0.25, -0.2) is 15.2 Å². The van der Waals surface area contributed by atoms with Crippen molar-refractivity contribution >= 4 is 11.6 Å². The van der Waals surface area contributed by atoms with Crippen molar-refractivity contribution < 1.29 is 18.4 Å². The summed E-state index contributed by atoms with van der Waals surface area (Å²) in [6.45, 7) is 0. The van der Waals surface area contributed by atoms with Gasteiger partial charge < -0.3 is 4.74 Å². The van der Waals surface area contributed by atoms with Crippen molar-refractivity contribution in [2.45, 2.75) is 0 Å². The second-order valence-corrected chi connectivity index (χ2v) is 3.44. The molecular weight excluding hydrogens is 276 g/mol. The highest BCUT2D eigenvalue weighted by molar-refractivity contribution is 5.48. The van der Waals surface area contributed by atoms with E-state index in [9.17, 15) is 18.9 Å². The molecule has 20 heavy (non-hydrogen) atoms. The lowest BCUT2D eigenvalue weighted by Crippen LogP contribution is -2.11. The molecule has 0 saturated carbocycles. The highest BCUT2D eigenvalue weighted by atomic mass is 19.1. The van der Waals surface area contributed by atoms with E-state index in [1.807, 2.05) is 5.43 Å². The standard InChI is InChI=1S/C10H7F2N5O3/c11-5-2-1-3-7(17(18)19)8(5)20-9-6(12)4-14-10(15-9)16-13/h1-4H,13H2,(H,14,15,16). The molecule has 1 aromatic carbocycles. The minimum Gasteiger partial charge on any atom is -0.426 e. The number of nitro benzene ring substituents is 1. The Kier molecular flexibility index (Phi) is 3.66. The van der Waals surface area contributed by atoms with Gasteiger partial charge in [-0.2, -0.15) is 9.37 Å². The Hall–Kier alpha value is -2.88. The molecule has 0 aliphatic rings. The average molecular weight is 283 g/mol. The lowest BCUT2D eigenvalue weighted by molar-refractivity contribution is -0.385. The second-order valence-electron chi connectivity index (χ2n) is 3.44. The molecule has 0 atom stereocenters. The first-order chi connectivity index (χ1) is 9.52. The minimum absolute atomic E-state index is 0.194. The van der Waals surface area contributed by atoms with Gasteiger partial charge in [0.2, 0.25) is 17.5 Å². The van der Waals surface area contributed by atoms with Crippen molar-refractivity contribution in [3.63, 3.8) is 0 Å². The Bertz CT molecular complexity index is 667. The molecule has 0 unspecified atom stereocenters. The first-order valence-electron chi connectivity index (χ1n) is 5.13. The summed E-state index contributed by atoms with van der Waals surface area (Å²) in [5.41, 5.74) is 1.37. The number of anilines is 1. The molecule has 0 spiro atoms. The molecule has 0 aliphatic carbocycles. The van der Waals surface area contributed by atoms with Crippen LogP contribution in [0.25, 0.3) is 0 Å². The normalized spacial score (nSPS) is 10.2. The molecule has 0 saturated heterocycles. The third kappa shape index (κ3) is 2.59. The summed E-state index contributed by atoms with van der Waals surface area (Å²) < 4.78 is 31.9. The molecule has 0 fully saturated rings. The Morgan fingerprint density at radius 2 is 2.10 bits per heavy atom. The van der Waals surface area contributed by atoms with Crippen molar-refractivity contribution in [2.75, 3.05) is 5.43 Å². The number of hydrogen-bond acceptors (Lipinski definition) is 7. The summed E-state index contributed by atoms with van der Waals surface area (Å²) in [4.78, 5) is 16.9. The highest BCUT2D eigenvalue weighted by Gasteiger charge is 2.22. The van der Waals surface area contributed by atoms with Gasteiger partial charge in [-0.3, -0.25) is 15.5 Å². The topological polar surface area (TPSA) is 116 Å². The van der Waals surface area contributed by atoms with Crippen LogP contribution in [0.2, 0.25) is 0 Å². The lowest BCUT2D eigenvalue weighted by atomic mass is 10.3. The quantitative estimate of drug-likeness (QED) is 0.498.